The molecule has 1 heterocycles. The number of ether oxygens (including phenoxy) is 1. The molecule has 3 N–H and O–H groups in total. The van der Waals surface area contributed by atoms with Gasteiger partial charge in [-0.2, -0.15) is 0 Å². The molecule has 1 fully saturated rings. The lowest BCUT2D eigenvalue weighted by atomic mass is 10.1. The fourth-order valence-electron chi connectivity index (χ4n) is 1.19. The van der Waals surface area contributed by atoms with E-state index in [1.165, 1.54) is 0 Å². The van der Waals surface area contributed by atoms with Crippen molar-refractivity contribution in [1.29, 1.82) is 0 Å². The van der Waals surface area contributed by atoms with Crippen molar-refractivity contribution < 1.29 is 9.53 Å². The number of rotatable bonds is 3. The molecular formula is C8H16N2O2. The van der Waals surface area contributed by atoms with Crippen LogP contribution in [0.1, 0.15) is 26.2 Å². The van der Waals surface area contributed by atoms with Crippen molar-refractivity contribution in [2.45, 2.75) is 38.5 Å². The Morgan fingerprint density at radius 3 is 3.00 bits per heavy atom. The third kappa shape index (κ3) is 2.46. The van der Waals surface area contributed by atoms with Crippen molar-refractivity contribution in [3.05, 3.63) is 0 Å². The smallest absolute Gasteiger partial charge is 0.238 e. The first-order valence-corrected chi connectivity index (χ1v) is 4.41. The Hall–Kier alpha value is -0.610. The second-order valence-electron chi connectivity index (χ2n) is 3.05. The van der Waals surface area contributed by atoms with Crippen LogP contribution in [-0.4, -0.2) is 24.8 Å². The van der Waals surface area contributed by atoms with Crippen molar-refractivity contribution in [2.75, 3.05) is 6.61 Å². The fourth-order valence-corrected chi connectivity index (χ4v) is 1.19. The molecule has 4 heteroatoms. The highest BCUT2D eigenvalue weighted by Crippen LogP contribution is 2.08. The highest BCUT2D eigenvalue weighted by molar-refractivity contribution is 5.82. The third-order valence-corrected chi connectivity index (χ3v) is 1.90. The van der Waals surface area contributed by atoms with E-state index in [0.717, 1.165) is 19.3 Å². The predicted molar refractivity (Wildman–Crippen MR) is 45.4 cm³/mol. The molecule has 0 saturated carbocycles. The van der Waals surface area contributed by atoms with Gasteiger partial charge in [0, 0.05) is 6.61 Å². The van der Waals surface area contributed by atoms with Crippen molar-refractivity contribution in [3.63, 3.8) is 0 Å². The first-order chi connectivity index (χ1) is 5.74. The Morgan fingerprint density at radius 2 is 2.42 bits per heavy atom. The first kappa shape index (κ1) is 9.48. The van der Waals surface area contributed by atoms with Crippen LogP contribution in [0.4, 0.5) is 0 Å². The average Bonchev–Trinajstić information content (AvgIpc) is 2.07. The molecule has 4 nitrogen and oxygen atoms in total. The van der Waals surface area contributed by atoms with Gasteiger partial charge in [0.25, 0.3) is 0 Å². The number of carbonyl (C=O) groups is 1. The Balaban J connectivity index is 2.25. The molecule has 0 radical (unpaired) electrons. The summed E-state index contributed by atoms with van der Waals surface area (Å²) in [5.41, 5.74) is 5.50. The molecule has 0 bridgehead atoms. The monoisotopic (exact) mass is 172 g/mol. The van der Waals surface area contributed by atoms with Crippen LogP contribution in [0.25, 0.3) is 0 Å². The number of nitrogens with one attached hydrogen (secondary N) is 1. The molecule has 70 valence electrons. The van der Waals surface area contributed by atoms with E-state index < -0.39 is 0 Å². The maximum Gasteiger partial charge on any atom is 0.238 e. The summed E-state index contributed by atoms with van der Waals surface area (Å²) >= 11 is 0. The number of hydrogen-bond donors (Lipinski definition) is 2. The van der Waals surface area contributed by atoms with E-state index in [4.69, 9.17) is 10.5 Å². The van der Waals surface area contributed by atoms with Gasteiger partial charge in [0.1, 0.15) is 6.23 Å². The van der Waals surface area contributed by atoms with Crippen molar-refractivity contribution >= 4 is 5.91 Å². The zero-order chi connectivity index (χ0) is 8.97. The molecule has 0 aromatic heterocycles. The van der Waals surface area contributed by atoms with Gasteiger partial charge in [0.05, 0.1) is 6.04 Å². The average molecular weight is 172 g/mol. The van der Waals surface area contributed by atoms with Gasteiger partial charge in [-0.15, -0.1) is 0 Å². The van der Waals surface area contributed by atoms with Gasteiger partial charge in [-0.1, -0.05) is 6.92 Å². The standard InChI is InChI=1S/C8H16N2O2/c1-2-5-12-7-4-3-6(9)8(11)10-7/h6-7H,2-5,9H2,1H3,(H,10,11). The molecule has 12 heavy (non-hydrogen) atoms. The van der Waals surface area contributed by atoms with Crippen LogP contribution in [0, 0.1) is 0 Å². The molecule has 0 spiro atoms. The molecule has 2 unspecified atom stereocenters. The summed E-state index contributed by atoms with van der Waals surface area (Å²) in [6.07, 6.45) is 2.41. The van der Waals surface area contributed by atoms with Crippen LogP contribution in [0.2, 0.25) is 0 Å². The highest BCUT2D eigenvalue weighted by atomic mass is 16.5. The topological polar surface area (TPSA) is 64.3 Å². The Bertz CT molecular complexity index is 159. The van der Waals surface area contributed by atoms with Gasteiger partial charge in [-0.05, 0) is 19.3 Å². The van der Waals surface area contributed by atoms with E-state index >= 15 is 0 Å². The van der Waals surface area contributed by atoms with Gasteiger partial charge >= 0.3 is 0 Å². The lowest BCUT2D eigenvalue weighted by Crippen LogP contribution is -2.51. The summed E-state index contributed by atoms with van der Waals surface area (Å²) in [4.78, 5) is 11.1. The number of amides is 1. The summed E-state index contributed by atoms with van der Waals surface area (Å²) in [5.74, 6) is -0.0950. The Morgan fingerprint density at radius 1 is 1.67 bits per heavy atom. The zero-order valence-corrected chi connectivity index (χ0v) is 7.38. The highest BCUT2D eigenvalue weighted by Gasteiger charge is 2.24. The molecule has 0 aliphatic carbocycles. The largest absolute Gasteiger partial charge is 0.359 e. The molecule has 1 amide bonds. The van der Waals surface area contributed by atoms with E-state index in [2.05, 4.69) is 5.32 Å². The van der Waals surface area contributed by atoms with E-state index in [9.17, 15) is 4.79 Å². The predicted octanol–water partition coefficient (Wildman–Crippen LogP) is -0.0236. The molecule has 2 atom stereocenters. The van der Waals surface area contributed by atoms with Gasteiger partial charge in [-0.25, -0.2) is 0 Å². The normalized spacial score (nSPS) is 30.0. The van der Waals surface area contributed by atoms with Crippen LogP contribution in [0.15, 0.2) is 0 Å². The maximum absolute atomic E-state index is 11.1. The van der Waals surface area contributed by atoms with E-state index in [1.807, 2.05) is 6.92 Å². The van der Waals surface area contributed by atoms with Crippen LogP contribution in [0.3, 0.4) is 0 Å². The lowest BCUT2D eigenvalue weighted by Gasteiger charge is -2.26. The van der Waals surface area contributed by atoms with Crippen molar-refractivity contribution in [2.24, 2.45) is 5.73 Å². The van der Waals surface area contributed by atoms with Crippen molar-refractivity contribution in [1.82, 2.24) is 5.32 Å². The number of piperidine rings is 1. The summed E-state index contributed by atoms with van der Waals surface area (Å²) < 4.78 is 5.36. The zero-order valence-electron chi connectivity index (χ0n) is 7.38. The molecule has 1 aliphatic heterocycles. The SMILES string of the molecule is CCCOC1CCC(N)C(=O)N1. The number of carbonyl (C=O) groups excluding carboxylic acids is 1. The lowest BCUT2D eigenvalue weighted by molar-refractivity contribution is -0.130. The van der Waals surface area contributed by atoms with Crippen LogP contribution in [-0.2, 0) is 9.53 Å². The summed E-state index contributed by atoms with van der Waals surface area (Å²) in [6, 6.07) is -0.341. The molecule has 1 rings (SSSR count). The fraction of sp³-hybridized carbons (Fsp3) is 0.875. The van der Waals surface area contributed by atoms with E-state index in [0.29, 0.717) is 6.61 Å². The maximum atomic E-state index is 11.1. The van der Waals surface area contributed by atoms with E-state index in [-0.39, 0.29) is 18.2 Å². The van der Waals surface area contributed by atoms with Crippen molar-refractivity contribution in [3.8, 4) is 0 Å². The van der Waals surface area contributed by atoms with Crippen LogP contribution >= 0.6 is 0 Å². The Kier molecular flexibility index (Phi) is 3.49. The minimum Gasteiger partial charge on any atom is -0.359 e. The summed E-state index contributed by atoms with van der Waals surface area (Å²) in [6.45, 7) is 2.73. The quantitative estimate of drug-likeness (QED) is 0.628. The second kappa shape index (κ2) is 4.42. The van der Waals surface area contributed by atoms with E-state index in [1.54, 1.807) is 0 Å². The number of hydrogen-bond acceptors (Lipinski definition) is 3. The third-order valence-electron chi connectivity index (χ3n) is 1.90. The molecule has 0 aromatic carbocycles. The summed E-state index contributed by atoms with van der Waals surface area (Å²) in [7, 11) is 0. The number of nitrogens with two attached hydrogens (primary N) is 1. The Labute approximate surface area is 72.5 Å². The van der Waals surface area contributed by atoms with Gasteiger partial charge < -0.3 is 15.8 Å². The summed E-state index contributed by atoms with van der Waals surface area (Å²) in [5, 5.41) is 2.71. The molecular weight excluding hydrogens is 156 g/mol. The second-order valence-corrected chi connectivity index (χ2v) is 3.05. The van der Waals surface area contributed by atoms with Gasteiger partial charge in [0.2, 0.25) is 5.91 Å². The molecule has 1 aliphatic rings. The molecule has 1 saturated heterocycles. The van der Waals surface area contributed by atoms with Crippen LogP contribution in [0.5, 0.6) is 0 Å². The van der Waals surface area contributed by atoms with Gasteiger partial charge in [0.15, 0.2) is 0 Å². The molecule has 0 aromatic rings. The minimum absolute atomic E-state index is 0.0950. The minimum atomic E-state index is -0.341. The van der Waals surface area contributed by atoms with Crippen LogP contribution < -0.4 is 11.1 Å². The first-order valence-electron chi connectivity index (χ1n) is 4.41. The van der Waals surface area contributed by atoms with Gasteiger partial charge in [-0.3, -0.25) is 4.79 Å².